The number of nitrogens with zero attached hydrogens (tertiary/aromatic N) is 4. The van der Waals surface area contributed by atoms with Crippen molar-refractivity contribution < 1.29 is 9.90 Å². The number of carbonyl (C=O) groups excluding carboxylic acids is 1. The van der Waals surface area contributed by atoms with Crippen molar-refractivity contribution in [3.63, 3.8) is 0 Å². The molecule has 158 valence electrons. The first-order valence-electron chi connectivity index (χ1n) is 11.1. The van der Waals surface area contributed by atoms with E-state index in [4.69, 9.17) is 0 Å². The fourth-order valence-corrected chi connectivity index (χ4v) is 5.21. The Morgan fingerprint density at radius 1 is 1.13 bits per heavy atom. The van der Waals surface area contributed by atoms with Gasteiger partial charge in [0, 0.05) is 44.2 Å². The predicted octanol–water partition coefficient (Wildman–Crippen LogP) is 2.77. The smallest absolute Gasteiger partial charge is 0.172 e. The molecular weight excluding hydrogens is 378 g/mol. The van der Waals surface area contributed by atoms with Gasteiger partial charge in [0.25, 0.3) is 0 Å². The number of phenolic OH excluding ortho intramolecular Hbond substituents is 1. The molecule has 2 aliphatic heterocycles. The molecule has 7 nitrogen and oxygen atoms in total. The maximum Gasteiger partial charge on any atom is 0.172 e. The molecule has 1 aromatic heterocycles. The van der Waals surface area contributed by atoms with Crippen LogP contribution in [0.5, 0.6) is 5.75 Å². The van der Waals surface area contributed by atoms with Gasteiger partial charge in [0.1, 0.15) is 12.0 Å². The number of nitrogens with one attached hydrogen (secondary N) is 1. The predicted molar refractivity (Wildman–Crippen MR) is 117 cm³/mol. The van der Waals surface area contributed by atoms with E-state index in [0.717, 1.165) is 69.3 Å². The van der Waals surface area contributed by atoms with E-state index in [1.807, 2.05) is 24.3 Å². The molecule has 1 aromatic carbocycles. The topological polar surface area (TPSA) is 81.6 Å². The SMILES string of the molecule is O=CC1CCC(CN2CCN3c4cc(-c5ccccc5O)nnc4NC[C@H]3C2)CC1. The summed E-state index contributed by atoms with van der Waals surface area (Å²) in [6.07, 6.45) is 5.61. The first-order valence-corrected chi connectivity index (χ1v) is 11.1. The lowest BCUT2D eigenvalue weighted by atomic mass is 9.82. The Morgan fingerprint density at radius 2 is 1.97 bits per heavy atom. The van der Waals surface area contributed by atoms with Gasteiger partial charge in [-0.25, -0.2) is 0 Å². The number of para-hydroxylation sites is 1. The van der Waals surface area contributed by atoms with E-state index < -0.39 is 0 Å². The first kappa shape index (κ1) is 19.3. The second kappa shape index (κ2) is 8.22. The molecule has 1 saturated heterocycles. The third kappa shape index (κ3) is 3.74. The zero-order chi connectivity index (χ0) is 20.5. The fraction of sp³-hybridized carbons (Fsp3) is 0.522. The summed E-state index contributed by atoms with van der Waals surface area (Å²) in [5.41, 5.74) is 2.48. The molecule has 3 heterocycles. The van der Waals surface area contributed by atoms with Crippen LogP contribution in [0.3, 0.4) is 0 Å². The van der Waals surface area contributed by atoms with E-state index in [1.54, 1.807) is 6.07 Å². The molecule has 5 rings (SSSR count). The molecule has 3 aliphatic rings. The monoisotopic (exact) mass is 407 g/mol. The number of rotatable bonds is 4. The zero-order valence-electron chi connectivity index (χ0n) is 17.2. The van der Waals surface area contributed by atoms with Gasteiger partial charge in [0.05, 0.1) is 17.4 Å². The third-order valence-corrected chi connectivity index (χ3v) is 6.94. The number of fused-ring (bicyclic) bond motifs is 3. The lowest BCUT2D eigenvalue weighted by molar-refractivity contribution is -0.112. The second-order valence-electron chi connectivity index (χ2n) is 8.89. The van der Waals surface area contributed by atoms with E-state index in [-0.39, 0.29) is 11.7 Å². The summed E-state index contributed by atoms with van der Waals surface area (Å²) in [4.78, 5) is 16.0. The van der Waals surface area contributed by atoms with Crippen LogP contribution in [0, 0.1) is 11.8 Å². The Kier molecular flexibility index (Phi) is 5.29. The molecule has 0 amide bonds. The summed E-state index contributed by atoms with van der Waals surface area (Å²) < 4.78 is 0. The van der Waals surface area contributed by atoms with Crippen LogP contribution in [0.25, 0.3) is 11.3 Å². The molecule has 30 heavy (non-hydrogen) atoms. The highest BCUT2D eigenvalue weighted by atomic mass is 16.3. The van der Waals surface area contributed by atoms with E-state index in [9.17, 15) is 9.90 Å². The summed E-state index contributed by atoms with van der Waals surface area (Å²) in [5, 5.41) is 22.4. The Labute approximate surface area is 177 Å². The molecule has 1 atom stereocenters. The summed E-state index contributed by atoms with van der Waals surface area (Å²) in [7, 11) is 0. The molecule has 0 bridgehead atoms. The Balaban J connectivity index is 1.28. The molecule has 1 aliphatic carbocycles. The van der Waals surface area contributed by atoms with Crippen LogP contribution in [0.4, 0.5) is 11.5 Å². The van der Waals surface area contributed by atoms with Crippen molar-refractivity contribution in [1.82, 2.24) is 15.1 Å². The third-order valence-electron chi connectivity index (χ3n) is 6.94. The summed E-state index contributed by atoms with van der Waals surface area (Å²) >= 11 is 0. The van der Waals surface area contributed by atoms with Gasteiger partial charge in [-0.2, -0.15) is 0 Å². The highest BCUT2D eigenvalue weighted by Gasteiger charge is 2.34. The average Bonchev–Trinajstić information content (AvgIpc) is 2.79. The summed E-state index contributed by atoms with van der Waals surface area (Å²) in [6, 6.07) is 9.72. The standard InChI is InChI=1S/C23H29N5O2/c29-15-17-7-5-16(6-8-17)13-27-9-10-28-18(14-27)12-24-23-21(28)11-20(25-26-23)19-3-1-2-4-22(19)30/h1-4,11,15-18,30H,5-10,12-14H2,(H,24,26)/t16?,17?,18-/m0/s1. The molecule has 7 heteroatoms. The van der Waals surface area contributed by atoms with Gasteiger partial charge in [-0.05, 0) is 49.8 Å². The van der Waals surface area contributed by atoms with Crippen LogP contribution in [0.15, 0.2) is 30.3 Å². The van der Waals surface area contributed by atoms with E-state index in [2.05, 4.69) is 25.3 Å². The number of carbonyl (C=O) groups is 1. The number of hydrogen-bond donors (Lipinski definition) is 2. The van der Waals surface area contributed by atoms with Gasteiger partial charge in [0.2, 0.25) is 0 Å². The van der Waals surface area contributed by atoms with Crippen LogP contribution in [0.2, 0.25) is 0 Å². The molecule has 2 fully saturated rings. The van der Waals surface area contributed by atoms with E-state index in [0.29, 0.717) is 17.3 Å². The van der Waals surface area contributed by atoms with Crippen molar-refractivity contribution in [3.05, 3.63) is 30.3 Å². The fourth-order valence-electron chi connectivity index (χ4n) is 5.21. The van der Waals surface area contributed by atoms with Gasteiger partial charge in [-0.3, -0.25) is 4.90 Å². The number of aldehydes is 1. The van der Waals surface area contributed by atoms with E-state index in [1.165, 1.54) is 12.8 Å². The minimum Gasteiger partial charge on any atom is -0.507 e. The number of aromatic nitrogens is 2. The highest BCUT2D eigenvalue weighted by molar-refractivity contribution is 5.76. The van der Waals surface area contributed by atoms with Crippen LogP contribution in [-0.2, 0) is 4.79 Å². The van der Waals surface area contributed by atoms with Crippen LogP contribution >= 0.6 is 0 Å². The number of phenols is 1. The maximum absolute atomic E-state index is 11.0. The molecule has 0 spiro atoms. The van der Waals surface area contributed by atoms with Crippen LogP contribution in [-0.4, -0.2) is 65.3 Å². The highest BCUT2D eigenvalue weighted by Crippen LogP contribution is 2.36. The number of aromatic hydroxyl groups is 1. The number of benzene rings is 1. The Bertz CT molecular complexity index is 912. The lowest BCUT2D eigenvalue weighted by Gasteiger charge is -2.46. The minimum atomic E-state index is 0.223. The number of hydrogen-bond acceptors (Lipinski definition) is 7. The molecule has 1 saturated carbocycles. The van der Waals surface area contributed by atoms with Crippen molar-refractivity contribution in [2.75, 3.05) is 42.9 Å². The summed E-state index contributed by atoms with van der Waals surface area (Å²) in [6.45, 7) is 5.05. The van der Waals surface area contributed by atoms with Crippen molar-refractivity contribution in [1.29, 1.82) is 0 Å². The van der Waals surface area contributed by atoms with Crippen molar-refractivity contribution in [3.8, 4) is 17.0 Å². The van der Waals surface area contributed by atoms with Crippen molar-refractivity contribution >= 4 is 17.8 Å². The largest absolute Gasteiger partial charge is 0.507 e. The molecule has 0 radical (unpaired) electrons. The van der Waals surface area contributed by atoms with E-state index >= 15 is 0 Å². The van der Waals surface area contributed by atoms with Crippen LogP contribution in [0.1, 0.15) is 25.7 Å². The van der Waals surface area contributed by atoms with Crippen molar-refractivity contribution in [2.45, 2.75) is 31.7 Å². The van der Waals surface area contributed by atoms with Gasteiger partial charge < -0.3 is 20.1 Å². The molecular formula is C23H29N5O2. The van der Waals surface area contributed by atoms with Gasteiger partial charge in [-0.1, -0.05) is 12.1 Å². The van der Waals surface area contributed by atoms with Crippen molar-refractivity contribution in [2.24, 2.45) is 11.8 Å². The zero-order valence-corrected chi connectivity index (χ0v) is 17.2. The second-order valence-corrected chi connectivity index (χ2v) is 8.89. The minimum absolute atomic E-state index is 0.223. The number of piperazine rings is 1. The van der Waals surface area contributed by atoms with Crippen LogP contribution < -0.4 is 10.2 Å². The quantitative estimate of drug-likeness (QED) is 0.754. The van der Waals surface area contributed by atoms with Gasteiger partial charge in [0.15, 0.2) is 5.82 Å². The average molecular weight is 408 g/mol. The summed E-state index contributed by atoms with van der Waals surface area (Å²) in [5.74, 6) is 2.05. The van der Waals surface area contributed by atoms with Gasteiger partial charge >= 0.3 is 0 Å². The van der Waals surface area contributed by atoms with Gasteiger partial charge in [-0.15, -0.1) is 10.2 Å². The molecule has 2 aromatic rings. The Morgan fingerprint density at radius 3 is 2.77 bits per heavy atom. The Hall–Kier alpha value is -2.67. The first-order chi connectivity index (χ1) is 14.7. The lowest BCUT2D eigenvalue weighted by Crippen LogP contribution is -2.58. The maximum atomic E-state index is 11.0. The number of anilines is 2. The molecule has 2 N–H and O–H groups in total. The molecule has 0 unspecified atom stereocenters. The normalized spacial score (nSPS) is 26.4.